The summed E-state index contributed by atoms with van der Waals surface area (Å²) >= 11 is 0. The van der Waals surface area contributed by atoms with Crippen LogP contribution in [0.25, 0.3) is 0 Å². The molecule has 0 unspecified atom stereocenters. The molecule has 0 aliphatic carbocycles. The van der Waals surface area contributed by atoms with Crippen LogP contribution in [-0.2, 0) is 0 Å². The van der Waals surface area contributed by atoms with Gasteiger partial charge in [0.15, 0.2) is 11.5 Å². The van der Waals surface area contributed by atoms with Crippen molar-refractivity contribution in [2.24, 2.45) is 0 Å². The standard InChI is InChI=1S/C22H30N6O3/c1-16-23-19(26-9-4-5-10-26)15-20(24-16)27-11-13-28(14-12-27)22(29)25-17-7-6-8-18(30-2)21(17)31-3/h6-8,15H,4-5,9-14H2,1-3H3,(H,25,29). The quantitative estimate of drug-likeness (QED) is 0.787. The third-order valence-corrected chi connectivity index (χ3v) is 5.78. The van der Waals surface area contributed by atoms with Gasteiger partial charge in [-0.15, -0.1) is 0 Å². The van der Waals surface area contributed by atoms with Gasteiger partial charge in [0.05, 0.1) is 19.9 Å². The Morgan fingerprint density at radius 1 is 0.935 bits per heavy atom. The first-order valence-corrected chi connectivity index (χ1v) is 10.7. The molecule has 9 nitrogen and oxygen atoms in total. The molecule has 2 aromatic rings. The van der Waals surface area contributed by atoms with Gasteiger partial charge in [0, 0.05) is 45.3 Å². The Kier molecular flexibility index (Phi) is 6.29. The summed E-state index contributed by atoms with van der Waals surface area (Å²) in [7, 11) is 3.14. The molecule has 9 heteroatoms. The van der Waals surface area contributed by atoms with Gasteiger partial charge in [0.2, 0.25) is 0 Å². The Hall–Kier alpha value is -3.23. The van der Waals surface area contributed by atoms with E-state index in [1.165, 1.54) is 12.8 Å². The van der Waals surface area contributed by atoms with E-state index < -0.39 is 0 Å². The minimum absolute atomic E-state index is 0.150. The van der Waals surface area contributed by atoms with Crippen LogP contribution in [0, 0.1) is 6.92 Å². The minimum Gasteiger partial charge on any atom is -0.493 e. The predicted octanol–water partition coefficient (Wildman–Crippen LogP) is 2.76. The zero-order valence-corrected chi connectivity index (χ0v) is 18.4. The molecule has 0 saturated carbocycles. The highest BCUT2D eigenvalue weighted by molar-refractivity contribution is 5.91. The highest BCUT2D eigenvalue weighted by Crippen LogP contribution is 2.35. The largest absolute Gasteiger partial charge is 0.493 e. The van der Waals surface area contributed by atoms with Crippen LogP contribution in [0.15, 0.2) is 24.3 Å². The van der Waals surface area contributed by atoms with Crippen LogP contribution in [0.1, 0.15) is 18.7 Å². The second-order valence-electron chi connectivity index (χ2n) is 7.77. The SMILES string of the molecule is COc1cccc(NC(=O)N2CCN(c3cc(N4CCCC4)nc(C)n3)CC2)c1OC. The average molecular weight is 427 g/mol. The van der Waals surface area contributed by atoms with Crippen molar-refractivity contribution in [2.75, 3.05) is 68.6 Å². The Balaban J connectivity index is 1.39. The number of carbonyl (C=O) groups is 1. The van der Waals surface area contributed by atoms with Crippen molar-refractivity contribution in [1.82, 2.24) is 14.9 Å². The van der Waals surface area contributed by atoms with Gasteiger partial charge in [-0.3, -0.25) is 0 Å². The summed E-state index contributed by atoms with van der Waals surface area (Å²) in [5.74, 6) is 3.82. The van der Waals surface area contributed by atoms with Crippen LogP contribution in [0.2, 0.25) is 0 Å². The summed E-state index contributed by atoms with van der Waals surface area (Å²) in [6.07, 6.45) is 2.43. The summed E-state index contributed by atoms with van der Waals surface area (Å²) in [5, 5.41) is 2.95. The second-order valence-corrected chi connectivity index (χ2v) is 7.77. The molecule has 1 aromatic carbocycles. The van der Waals surface area contributed by atoms with E-state index >= 15 is 0 Å². The molecule has 4 rings (SSSR count). The minimum atomic E-state index is -0.150. The van der Waals surface area contributed by atoms with Crippen LogP contribution in [0.3, 0.4) is 0 Å². The molecule has 166 valence electrons. The Labute approximate surface area is 183 Å². The maximum absolute atomic E-state index is 12.8. The number of nitrogens with zero attached hydrogens (tertiary/aromatic N) is 5. The molecule has 2 fully saturated rings. The number of benzene rings is 1. The number of methoxy groups -OCH3 is 2. The van der Waals surface area contributed by atoms with Crippen LogP contribution in [0.5, 0.6) is 11.5 Å². The molecular weight excluding hydrogens is 396 g/mol. The summed E-state index contributed by atoms with van der Waals surface area (Å²) in [4.78, 5) is 28.5. The average Bonchev–Trinajstić information content (AvgIpc) is 3.33. The molecule has 0 spiro atoms. The van der Waals surface area contributed by atoms with Gasteiger partial charge in [0.25, 0.3) is 0 Å². The molecule has 0 radical (unpaired) electrons. The lowest BCUT2D eigenvalue weighted by Gasteiger charge is -2.35. The van der Waals surface area contributed by atoms with Crippen molar-refractivity contribution in [3.05, 3.63) is 30.1 Å². The van der Waals surface area contributed by atoms with E-state index in [4.69, 9.17) is 9.47 Å². The van der Waals surface area contributed by atoms with Crippen LogP contribution >= 0.6 is 0 Å². The molecule has 1 aromatic heterocycles. The van der Waals surface area contributed by atoms with Gasteiger partial charge in [-0.2, -0.15) is 0 Å². The lowest BCUT2D eigenvalue weighted by atomic mass is 10.2. The number of nitrogens with one attached hydrogen (secondary N) is 1. The molecule has 0 bridgehead atoms. The molecular formula is C22H30N6O3. The zero-order chi connectivity index (χ0) is 21.8. The molecule has 31 heavy (non-hydrogen) atoms. The fourth-order valence-electron chi connectivity index (χ4n) is 4.13. The first-order valence-electron chi connectivity index (χ1n) is 10.7. The second kappa shape index (κ2) is 9.28. The van der Waals surface area contributed by atoms with E-state index in [2.05, 4.69) is 31.2 Å². The van der Waals surface area contributed by atoms with E-state index in [0.717, 1.165) is 43.6 Å². The fraction of sp³-hybridized carbons (Fsp3) is 0.500. The third-order valence-electron chi connectivity index (χ3n) is 5.78. The maximum atomic E-state index is 12.8. The van der Waals surface area contributed by atoms with E-state index in [-0.39, 0.29) is 6.03 Å². The number of amides is 2. The van der Waals surface area contributed by atoms with E-state index in [0.29, 0.717) is 30.3 Å². The van der Waals surface area contributed by atoms with Gasteiger partial charge >= 0.3 is 6.03 Å². The molecule has 2 aliphatic rings. The maximum Gasteiger partial charge on any atom is 0.322 e. The van der Waals surface area contributed by atoms with E-state index in [9.17, 15) is 4.79 Å². The molecule has 2 saturated heterocycles. The monoisotopic (exact) mass is 426 g/mol. The fourth-order valence-corrected chi connectivity index (χ4v) is 4.13. The van der Waals surface area contributed by atoms with Gasteiger partial charge < -0.3 is 29.5 Å². The topological polar surface area (TPSA) is 83.1 Å². The number of para-hydroxylation sites is 1. The van der Waals surface area contributed by atoms with Gasteiger partial charge in [-0.1, -0.05) is 6.07 Å². The zero-order valence-electron chi connectivity index (χ0n) is 18.4. The highest BCUT2D eigenvalue weighted by atomic mass is 16.5. The highest BCUT2D eigenvalue weighted by Gasteiger charge is 2.24. The first kappa shape index (κ1) is 21.0. The number of ether oxygens (including phenoxy) is 2. The smallest absolute Gasteiger partial charge is 0.322 e. The molecule has 1 N–H and O–H groups in total. The number of urea groups is 1. The number of hydrogen-bond acceptors (Lipinski definition) is 7. The lowest BCUT2D eigenvalue weighted by molar-refractivity contribution is 0.208. The molecule has 2 amide bonds. The van der Waals surface area contributed by atoms with Crippen LogP contribution in [0.4, 0.5) is 22.1 Å². The van der Waals surface area contributed by atoms with Gasteiger partial charge in [-0.25, -0.2) is 14.8 Å². The predicted molar refractivity (Wildman–Crippen MR) is 121 cm³/mol. The summed E-state index contributed by atoms with van der Waals surface area (Å²) in [6, 6.07) is 7.36. The number of aromatic nitrogens is 2. The Bertz CT molecular complexity index is 923. The number of hydrogen-bond donors (Lipinski definition) is 1. The summed E-state index contributed by atoms with van der Waals surface area (Å²) < 4.78 is 10.7. The Morgan fingerprint density at radius 3 is 2.19 bits per heavy atom. The van der Waals surface area contributed by atoms with Crippen molar-refractivity contribution in [3.8, 4) is 11.5 Å². The summed E-state index contributed by atoms with van der Waals surface area (Å²) in [5.41, 5.74) is 0.593. The number of piperazine rings is 1. The number of aryl methyl sites for hydroxylation is 1. The third kappa shape index (κ3) is 4.60. The molecule has 2 aliphatic heterocycles. The van der Waals surface area contributed by atoms with Crippen LogP contribution in [-0.4, -0.2) is 74.4 Å². The van der Waals surface area contributed by atoms with Crippen molar-refractivity contribution in [2.45, 2.75) is 19.8 Å². The molecule has 0 atom stereocenters. The van der Waals surface area contributed by atoms with E-state index in [1.54, 1.807) is 26.4 Å². The number of rotatable bonds is 5. The number of anilines is 3. The lowest BCUT2D eigenvalue weighted by Crippen LogP contribution is -2.50. The van der Waals surface area contributed by atoms with Crippen molar-refractivity contribution < 1.29 is 14.3 Å². The first-order chi connectivity index (χ1) is 15.1. The van der Waals surface area contributed by atoms with Crippen molar-refractivity contribution in [1.29, 1.82) is 0 Å². The summed E-state index contributed by atoms with van der Waals surface area (Å²) in [6.45, 7) is 6.71. The van der Waals surface area contributed by atoms with Gasteiger partial charge in [0.1, 0.15) is 17.5 Å². The van der Waals surface area contributed by atoms with Gasteiger partial charge in [-0.05, 0) is 31.9 Å². The van der Waals surface area contributed by atoms with E-state index in [1.807, 2.05) is 17.9 Å². The molecule has 3 heterocycles. The van der Waals surface area contributed by atoms with Crippen molar-refractivity contribution >= 4 is 23.4 Å². The Morgan fingerprint density at radius 2 is 1.58 bits per heavy atom. The number of carbonyl (C=O) groups excluding carboxylic acids is 1. The van der Waals surface area contributed by atoms with Crippen LogP contribution < -0.4 is 24.6 Å². The normalized spacial score (nSPS) is 16.4. The van der Waals surface area contributed by atoms with Crippen molar-refractivity contribution in [3.63, 3.8) is 0 Å².